The highest BCUT2D eigenvalue weighted by molar-refractivity contribution is 5.34. The zero-order valence-corrected chi connectivity index (χ0v) is 11.6. The highest BCUT2D eigenvalue weighted by Gasteiger charge is 2.17. The Kier molecular flexibility index (Phi) is 3.58. The van der Waals surface area contributed by atoms with E-state index >= 15 is 0 Å². The van der Waals surface area contributed by atoms with Gasteiger partial charge in [0.25, 0.3) is 0 Å². The van der Waals surface area contributed by atoms with Gasteiger partial charge in [0, 0.05) is 12.6 Å². The normalized spacial score (nSPS) is 16.9. The van der Waals surface area contributed by atoms with E-state index in [1.165, 1.54) is 36.0 Å². The molecule has 0 amide bonds. The summed E-state index contributed by atoms with van der Waals surface area (Å²) in [6.45, 7) is 10.1. The predicted molar refractivity (Wildman–Crippen MR) is 74.4 cm³/mol. The van der Waals surface area contributed by atoms with E-state index < -0.39 is 0 Å². The van der Waals surface area contributed by atoms with E-state index in [1.807, 2.05) is 0 Å². The molecule has 1 aliphatic carbocycles. The first-order valence-electron chi connectivity index (χ1n) is 6.80. The van der Waals surface area contributed by atoms with Gasteiger partial charge in [0.05, 0.1) is 0 Å². The third-order valence-corrected chi connectivity index (χ3v) is 3.89. The van der Waals surface area contributed by atoms with Gasteiger partial charge in [-0.05, 0) is 41.9 Å². The van der Waals surface area contributed by atoms with Crippen LogP contribution in [0.3, 0.4) is 0 Å². The first kappa shape index (κ1) is 12.6. The molecule has 17 heavy (non-hydrogen) atoms. The van der Waals surface area contributed by atoms with E-state index in [0.29, 0.717) is 0 Å². The summed E-state index contributed by atoms with van der Waals surface area (Å²) in [6, 6.07) is 7.70. The van der Waals surface area contributed by atoms with Crippen LogP contribution in [0.1, 0.15) is 56.7 Å². The van der Waals surface area contributed by atoms with Crippen LogP contribution in [0, 0.1) is 6.92 Å². The molecule has 1 aliphatic rings. The van der Waals surface area contributed by atoms with Gasteiger partial charge >= 0.3 is 0 Å². The van der Waals surface area contributed by atoms with Crippen molar-refractivity contribution in [1.29, 1.82) is 0 Å². The number of aryl methyl sites for hydroxylation is 1. The Morgan fingerprint density at radius 3 is 2.41 bits per heavy atom. The Labute approximate surface area is 106 Å². The SMILES string of the molecule is Cc1cc(C(C)(C)C)ccc1CNC1CCC1. The summed E-state index contributed by atoms with van der Waals surface area (Å²) in [5, 5.41) is 3.63. The molecule has 1 N–H and O–H groups in total. The van der Waals surface area contributed by atoms with Crippen molar-refractivity contribution in [3.63, 3.8) is 0 Å². The molecule has 1 aromatic rings. The van der Waals surface area contributed by atoms with Gasteiger partial charge in [0.2, 0.25) is 0 Å². The van der Waals surface area contributed by atoms with Crippen molar-refractivity contribution in [2.75, 3.05) is 0 Å². The Morgan fingerprint density at radius 1 is 1.24 bits per heavy atom. The molecule has 1 aromatic carbocycles. The Bertz CT molecular complexity index is 383. The average molecular weight is 231 g/mol. The highest BCUT2D eigenvalue weighted by atomic mass is 14.9. The molecule has 0 aliphatic heterocycles. The molecule has 0 saturated heterocycles. The lowest BCUT2D eigenvalue weighted by Gasteiger charge is -2.27. The molecule has 0 aromatic heterocycles. The molecule has 0 radical (unpaired) electrons. The summed E-state index contributed by atoms with van der Waals surface area (Å²) in [5.74, 6) is 0. The van der Waals surface area contributed by atoms with Crippen LogP contribution in [0.4, 0.5) is 0 Å². The first-order valence-corrected chi connectivity index (χ1v) is 6.80. The molecular weight excluding hydrogens is 206 g/mol. The second kappa shape index (κ2) is 4.81. The van der Waals surface area contributed by atoms with Crippen LogP contribution in [0.15, 0.2) is 18.2 Å². The van der Waals surface area contributed by atoms with Gasteiger partial charge in [0.15, 0.2) is 0 Å². The lowest BCUT2D eigenvalue weighted by molar-refractivity contribution is 0.338. The van der Waals surface area contributed by atoms with Gasteiger partial charge < -0.3 is 5.32 Å². The molecular formula is C16H25N. The Balaban J connectivity index is 2.03. The summed E-state index contributed by atoms with van der Waals surface area (Å²) in [5.41, 5.74) is 4.56. The zero-order chi connectivity index (χ0) is 12.5. The smallest absolute Gasteiger partial charge is 0.0210 e. The second-order valence-electron chi connectivity index (χ2n) is 6.40. The minimum Gasteiger partial charge on any atom is -0.310 e. The van der Waals surface area contributed by atoms with Crippen molar-refractivity contribution in [3.8, 4) is 0 Å². The number of benzene rings is 1. The molecule has 0 spiro atoms. The van der Waals surface area contributed by atoms with Gasteiger partial charge in [-0.25, -0.2) is 0 Å². The lowest BCUT2D eigenvalue weighted by Crippen LogP contribution is -2.34. The standard InChI is InChI=1S/C16H25N/c1-12-10-14(16(2,3)4)9-8-13(12)11-17-15-6-5-7-15/h8-10,15,17H,5-7,11H2,1-4H3. The van der Waals surface area contributed by atoms with Gasteiger partial charge in [-0.1, -0.05) is 45.4 Å². The Hall–Kier alpha value is -0.820. The van der Waals surface area contributed by atoms with Crippen molar-refractivity contribution < 1.29 is 0 Å². The second-order valence-corrected chi connectivity index (χ2v) is 6.40. The van der Waals surface area contributed by atoms with Crippen molar-refractivity contribution in [1.82, 2.24) is 5.32 Å². The number of rotatable bonds is 3. The molecule has 2 rings (SSSR count). The molecule has 0 bridgehead atoms. The molecule has 94 valence electrons. The Morgan fingerprint density at radius 2 is 1.94 bits per heavy atom. The van der Waals surface area contributed by atoms with Crippen molar-refractivity contribution >= 4 is 0 Å². The van der Waals surface area contributed by atoms with Crippen LogP contribution in [0.2, 0.25) is 0 Å². The first-order chi connectivity index (χ1) is 7.97. The number of hydrogen-bond acceptors (Lipinski definition) is 1. The van der Waals surface area contributed by atoms with Crippen molar-refractivity contribution in [3.05, 3.63) is 34.9 Å². The monoisotopic (exact) mass is 231 g/mol. The number of nitrogens with one attached hydrogen (secondary N) is 1. The largest absolute Gasteiger partial charge is 0.310 e. The van der Waals surface area contributed by atoms with Crippen LogP contribution in [-0.2, 0) is 12.0 Å². The fourth-order valence-corrected chi connectivity index (χ4v) is 2.23. The van der Waals surface area contributed by atoms with Crippen LogP contribution < -0.4 is 5.32 Å². The van der Waals surface area contributed by atoms with Crippen LogP contribution in [0.25, 0.3) is 0 Å². The van der Waals surface area contributed by atoms with Gasteiger partial charge in [-0.3, -0.25) is 0 Å². The number of hydrogen-bond donors (Lipinski definition) is 1. The minimum atomic E-state index is 0.255. The maximum absolute atomic E-state index is 3.63. The molecule has 0 unspecified atom stereocenters. The predicted octanol–water partition coefficient (Wildman–Crippen LogP) is 3.93. The third kappa shape index (κ3) is 3.10. The van der Waals surface area contributed by atoms with Gasteiger partial charge in [-0.2, -0.15) is 0 Å². The molecule has 0 atom stereocenters. The highest BCUT2D eigenvalue weighted by Crippen LogP contribution is 2.25. The van der Waals surface area contributed by atoms with E-state index in [-0.39, 0.29) is 5.41 Å². The fraction of sp³-hybridized carbons (Fsp3) is 0.625. The van der Waals surface area contributed by atoms with Crippen molar-refractivity contribution in [2.24, 2.45) is 0 Å². The van der Waals surface area contributed by atoms with E-state index in [1.54, 1.807) is 0 Å². The average Bonchev–Trinajstić information content (AvgIpc) is 2.16. The lowest BCUT2D eigenvalue weighted by atomic mass is 9.85. The molecule has 1 fully saturated rings. The summed E-state index contributed by atoms with van der Waals surface area (Å²) in [4.78, 5) is 0. The summed E-state index contributed by atoms with van der Waals surface area (Å²) < 4.78 is 0. The van der Waals surface area contributed by atoms with Gasteiger partial charge in [0.1, 0.15) is 0 Å². The van der Waals surface area contributed by atoms with Crippen molar-refractivity contribution in [2.45, 2.75) is 65.0 Å². The van der Waals surface area contributed by atoms with Crippen LogP contribution >= 0.6 is 0 Å². The summed E-state index contributed by atoms with van der Waals surface area (Å²) >= 11 is 0. The maximum atomic E-state index is 3.63. The topological polar surface area (TPSA) is 12.0 Å². The molecule has 1 saturated carbocycles. The third-order valence-electron chi connectivity index (χ3n) is 3.89. The summed E-state index contributed by atoms with van der Waals surface area (Å²) in [6.07, 6.45) is 4.12. The van der Waals surface area contributed by atoms with Gasteiger partial charge in [-0.15, -0.1) is 0 Å². The van der Waals surface area contributed by atoms with Crippen LogP contribution in [0.5, 0.6) is 0 Å². The molecule has 0 heterocycles. The zero-order valence-electron chi connectivity index (χ0n) is 11.6. The molecule has 1 nitrogen and oxygen atoms in total. The summed E-state index contributed by atoms with van der Waals surface area (Å²) in [7, 11) is 0. The minimum absolute atomic E-state index is 0.255. The maximum Gasteiger partial charge on any atom is 0.0210 e. The fourth-order valence-electron chi connectivity index (χ4n) is 2.23. The quantitative estimate of drug-likeness (QED) is 0.831. The van der Waals surface area contributed by atoms with E-state index in [9.17, 15) is 0 Å². The van der Waals surface area contributed by atoms with E-state index in [2.05, 4.69) is 51.2 Å². The molecule has 1 heteroatoms. The van der Waals surface area contributed by atoms with E-state index in [0.717, 1.165) is 12.6 Å². The van der Waals surface area contributed by atoms with Crippen LogP contribution in [-0.4, -0.2) is 6.04 Å². The van der Waals surface area contributed by atoms with E-state index in [4.69, 9.17) is 0 Å².